The third kappa shape index (κ3) is 3.70. The number of nitrogens with two attached hydrogens (primary N) is 1. The highest BCUT2D eigenvalue weighted by atomic mass is 16.5. The first-order valence-corrected chi connectivity index (χ1v) is 6.13. The van der Waals surface area contributed by atoms with Crippen molar-refractivity contribution in [2.24, 2.45) is 11.8 Å². The minimum absolute atomic E-state index is 0.0864. The van der Waals surface area contributed by atoms with Gasteiger partial charge in [-0.05, 0) is 39.0 Å². The molecule has 0 aliphatic carbocycles. The SMILES string of the molecule is COC(C)(C)CCC(NN)C1OCCC1C. The minimum Gasteiger partial charge on any atom is -0.379 e. The first-order chi connectivity index (χ1) is 7.50. The van der Waals surface area contributed by atoms with Crippen LogP contribution in [0.1, 0.15) is 40.0 Å². The fraction of sp³-hybridized carbons (Fsp3) is 1.00. The lowest BCUT2D eigenvalue weighted by atomic mass is 9.91. The molecule has 0 bridgehead atoms. The summed E-state index contributed by atoms with van der Waals surface area (Å²) in [5, 5.41) is 0. The Morgan fingerprint density at radius 2 is 2.25 bits per heavy atom. The van der Waals surface area contributed by atoms with E-state index in [2.05, 4.69) is 26.2 Å². The lowest BCUT2D eigenvalue weighted by Crippen LogP contribution is -2.46. The third-order valence-electron chi connectivity index (χ3n) is 3.66. The van der Waals surface area contributed by atoms with E-state index in [1.807, 2.05) is 0 Å². The molecule has 96 valence electrons. The maximum atomic E-state index is 5.73. The van der Waals surface area contributed by atoms with Gasteiger partial charge < -0.3 is 9.47 Å². The summed E-state index contributed by atoms with van der Waals surface area (Å²) in [7, 11) is 1.75. The van der Waals surface area contributed by atoms with Crippen LogP contribution in [-0.2, 0) is 9.47 Å². The third-order valence-corrected chi connectivity index (χ3v) is 3.66. The lowest BCUT2D eigenvalue weighted by molar-refractivity contribution is 0.00116. The van der Waals surface area contributed by atoms with Gasteiger partial charge in [0.15, 0.2) is 0 Å². The molecule has 1 aliphatic heterocycles. The molecule has 0 spiro atoms. The van der Waals surface area contributed by atoms with Crippen LogP contribution in [0.5, 0.6) is 0 Å². The van der Waals surface area contributed by atoms with Crippen molar-refractivity contribution in [1.82, 2.24) is 5.43 Å². The fourth-order valence-electron chi connectivity index (χ4n) is 2.18. The standard InChI is InChI=1S/C12H26N2O2/c1-9-6-8-16-11(9)10(14-13)5-7-12(2,3)15-4/h9-11,14H,5-8,13H2,1-4H3. The quantitative estimate of drug-likeness (QED) is 0.535. The molecule has 1 saturated heterocycles. The maximum absolute atomic E-state index is 5.73. The van der Waals surface area contributed by atoms with Gasteiger partial charge in [0.1, 0.15) is 0 Å². The van der Waals surface area contributed by atoms with E-state index in [-0.39, 0.29) is 17.7 Å². The van der Waals surface area contributed by atoms with E-state index in [1.54, 1.807) is 7.11 Å². The van der Waals surface area contributed by atoms with Gasteiger partial charge in [-0.2, -0.15) is 0 Å². The van der Waals surface area contributed by atoms with Gasteiger partial charge in [0, 0.05) is 19.8 Å². The molecule has 1 heterocycles. The molecule has 3 N–H and O–H groups in total. The van der Waals surface area contributed by atoms with Crippen LogP contribution in [0.3, 0.4) is 0 Å². The van der Waals surface area contributed by atoms with Crippen molar-refractivity contribution in [3.8, 4) is 0 Å². The zero-order chi connectivity index (χ0) is 12.2. The fourth-order valence-corrected chi connectivity index (χ4v) is 2.18. The molecular weight excluding hydrogens is 204 g/mol. The molecule has 3 atom stereocenters. The molecule has 0 radical (unpaired) electrons. The van der Waals surface area contributed by atoms with Crippen molar-refractivity contribution in [1.29, 1.82) is 0 Å². The summed E-state index contributed by atoms with van der Waals surface area (Å²) in [6, 6.07) is 0.229. The number of hydrogen-bond acceptors (Lipinski definition) is 4. The Hall–Kier alpha value is -0.160. The number of hydrogen-bond donors (Lipinski definition) is 2. The van der Waals surface area contributed by atoms with Gasteiger partial charge in [0.05, 0.1) is 11.7 Å². The lowest BCUT2D eigenvalue weighted by Gasteiger charge is -2.29. The highest BCUT2D eigenvalue weighted by Gasteiger charge is 2.32. The molecule has 0 amide bonds. The zero-order valence-electron chi connectivity index (χ0n) is 11.0. The molecule has 1 rings (SSSR count). The van der Waals surface area contributed by atoms with Crippen LogP contribution in [0.15, 0.2) is 0 Å². The second kappa shape index (κ2) is 5.96. The van der Waals surface area contributed by atoms with Crippen molar-refractivity contribution in [2.45, 2.75) is 57.8 Å². The second-order valence-electron chi connectivity index (χ2n) is 5.38. The Morgan fingerprint density at radius 3 is 2.69 bits per heavy atom. The zero-order valence-corrected chi connectivity index (χ0v) is 11.0. The molecule has 4 nitrogen and oxygen atoms in total. The normalized spacial score (nSPS) is 28.3. The smallest absolute Gasteiger partial charge is 0.0767 e. The van der Waals surface area contributed by atoms with Gasteiger partial charge in [-0.3, -0.25) is 11.3 Å². The van der Waals surface area contributed by atoms with Gasteiger partial charge in [0.2, 0.25) is 0 Å². The minimum atomic E-state index is -0.0864. The number of rotatable bonds is 6. The molecule has 3 unspecified atom stereocenters. The van der Waals surface area contributed by atoms with E-state index in [4.69, 9.17) is 15.3 Å². The van der Waals surface area contributed by atoms with Crippen LogP contribution in [-0.4, -0.2) is 31.5 Å². The number of ether oxygens (including phenoxy) is 2. The summed E-state index contributed by atoms with van der Waals surface area (Å²) in [5.74, 6) is 6.20. The first kappa shape index (κ1) is 13.9. The number of hydrazine groups is 1. The van der Waals surface area contributed by atoms with Crippen molar-refractivity contribution in [2.75, 3.05) is 13.7 Å². The highest BCUT2D eigenvalue weighted by Crippen LogP contribution is 2.26. The Kier molecular flexibility index (Phi) is 5.18. The second-order valence-corrected chi connectivity index (χ2v) is 5.38. The maximum Gasteiger partial charge on any atom is 0.0767 e. The van der Waals surface area contributed by atoms with E-state index in [1.165, 1.54) is 0 Å². The van der Waals surface area contributed by atoms with Crippen LogP contribution in [0.4, 0.5) is 0 Å². The molecular formula is C12H26N2O2. The number of nitrogens with one attached hydrogen (secondary N) is 1. The molecule has 0 aromatic heterocycles. The predicted molar refractivity (Wildman–Crippen MR) is 65.0 cm³/mol. The van der Waals surface area contributed by atoms with Gasteiger partial charge in [-0.25, -0.2) is 0 Å². The summed E-state index contributed by atoms with van der Waals surface area (Å²) in [6.45, 7) is 7.28. The van der Waals surface area contributed by atoms with Crippen LogP contribution in [0.25, 0.3) is 0 Å². The molecule has 1 fully saturated rings. The largest absolute Gasteiger partial charge is 0.379 e. The van der Waals surface area contributed by atoms with Crippen LogP contribution < -0.4 is 11.3 Å². The van der Waals surface area contributed by atoms with E-state index in [0.29, 0.717) is 5.92 Å². The van der Waals surface area contributed by atoms with E-state index in [0.717, 1.165) is 25.9 Å². The molecule has 4 heteroatoms. The van der Waals surface area contributed by atoms with Crippen molar-refractivity contribution in [3.63, 3.8) is 0 Å². The van der Waals surface area contributed by atoms with Crippen LogP contribution in [0, 0.1) is 5.92 Å². The molecule has 0 aromatic carbocycles. The Labute approximate surface area is 98.8 Å². The molecule has 0 saturated carbocycles. The Morgan fingerprint density at radius 1 is 1.56 bits per heavy atom. The molecule has 1 aliphatic rings. The van der Waals surface area contributed by atoms with Gasteiger partial charge in [-0.15, -0.1) is 0 Å². The topological polar surface area (TPSA) is 56.5 Å². The first-order valence-electron chi connectivity index (χ1n) is 6.13. The van der Waals surface area contributed by atoms with Crippen molar-refractivity contribution in [3.05, 3.63) is 0 Å². The number of methoxy groups -OCH3 is 1. The highest BCUT2D eigenvalue weighted by molar-refractivity contribution is 4.85. The van der Waals surface area contributed by atoms with Gasteiger partial charge in [0.25, 0.3) is 0 Å². The summed E-state index contributed by atoms with van der Waals surface area (Å²) < 4.78 is 11.1. The van der Waals surface area contributed by atoms with Gasteiger partial charge >= 0.3 is 0 Å². The van der Waals surface area contributed by atoms with Crippen LogP contribution >= 0.6 is 0 Å². The Balaban J connectivity index is 2.43. The average molecular weight is 230 g/mol. The monoisotopic (exact) mass is 230 g/mol. The van der Waals surface area contributed by atoms with E-state index >= 15 is 0 Å². The van der Waals surface area contributed by atoms with Crippen molar-refractivity contribution >= 4 is 0 Å². The summed E-state index contributed by atoms with van der Waals surface area (Å²) in [6.07, 6.45) is 3.34. The molecule has 0 aromatic rings. The van der Waals surface area contributed by atoms with Crippen molar-refractivity contribution < 1.29 is 9.47 Å². The Bertz CT molecular complexity index is 209. The predicted octanol–water partition coefficient (Wildman–Crippen LogP) is 1.45. The van der Waals surface area contributed by atoms with Gasteiger partial charge in [-0.1, -0.05) is 6.92 Å². The average Bonchev–Trinajstić information content (AvgIpc) is 2.66. The summed E-state index contributed by atoms with van der Waals surface area (Å²) in [5.41, 5.74) is 2.80. The van der Waals surface area contributed by atoms with E-state index in [9.17, 15) is 0 Å². The van der Waals surface area contributed by atoms with E-state index < -0.39 is 0 Å². The summed E-state index contributed by atoms with van der Waals surface area (Å²) >= 11 is 0. The molecule has 16 heavy (non-hydrogen) atoms. The summed E-state index contributed by atoms with van der Waals surface area (Å²) in [4.78, 5) is 0. The van der Waals surface area contributed by atoms with Crippen LogP contribution in [0.2, 0.25) is 0 Å².